The Labute approximate surface area is 66.6 Å². The van der Waals surface area contributed by atoms with Crippen molar-refractivity contribution in [2.24, 2.45) is 0 Å². The molecule has 1 heterocycles. The number of rotatable bonds is 1. The quantitative estimate of drug-likeness (QED) is 0.513. The predicted octanol–water partition coefficient (Wildman–Crippen LogP) is 0.420. The molecule has 1 aliphatic rings. The van der Waals surface area contributed by atoms with Gasteiger partial charge in [-0.2, -0.15) is 0 Å². The molecule has 1 saturated heterocycles. The van der Waals surface area contributed by atoms with Crippen LogP contribution in [0.4, 0.5) is 0 Å². The second-order valence-corrected chi connectivity index (χ2v) is 2.67. The number of ether oxygens (including phenoxy) is 1. The van der Waals surface area contributed by atoms with E-state index in [1.165, 1.54) is 6.08 Å². The molecule has 0 aliphatic carbocycles. The smallest absolute Gasteiger partial charge is 0.246 e. The highest BCUT2D eigenvalue weighted by Gasteiger charge is 2.18. The highest BCUT2D eigenvalue weighted by Crippen LogP contribution is 2.04. The molecule has 1 unspecified atom stereocenters. The minimum absolute atomic E-state index is 0.000139. The van der Waals surface area contributed by atoms with Crippen molar-refractivity contribution < 1.29 is 9.53 Å². The minimum Gasteiger partial charge on any atom is -0.375 e. The van der Waals surface area contributed by atoms with Crippen LogP contribution < -0.4 is 0 Å². The summed E-state index contributed by atoms with van der Waals surface area (Å²) in [6, 6.07) is 0. The lowest BCUT2D eigenvalue weighted by molar-refractivity contribution is -0.132. The van der Waals surface area contributed by atoms with Crippen molar-refractivity contribution in [2.45, 2.75) is 13.0 Å². The molecule has 0 aromatic rings. The first-order valence-corrected chi connectivity index (χ1v) is 3.77. The molecule has 1 fully saturated rings. The summed E-state index contributed by atoms with van der Waals surface area (Å²) in [5, 5.41) is 0. The molecule has 0 spiro atoms. The van der Waals surface area contributed by atoms with Gasteiger partial charge in [0, 0.05) is 13.1 Å². The Morgan fingerprint density at radius 3 is 3.09 bits per heavy atom. The highest BCUT2D eigenvalue weighted by atomic mass is 16.5. The van der Waals surface area contributed by atoms with Gasteiger partial charge in [-0.1, -0.05) is 6.58 Å². The summed E-state index contributed by atoms with van der Waals surface area (Å²) in [5.74, 6) is 0.000139. The first-order valence-electron chi connectivity index (χ1n) is 3.77. The Bertz CT molecular complexity index is 167. The van der Waals surface area contributed by atoms with E-state index < -0.39 is 0 Å². The van der Waals surface area contributed by atoms with E-state index >= 15 is 0 Å². The van der Waals surface area contributed by atoms with Crippen molar-refractivity contribution in [1.82, 2.24) is 4.90 Å². The van der Waals surface area contributed by atoms with Gasteiger partial charge in [-0.25, -0.2) is 0 Å². The number of nitrogens with zero attached hydrogens (tertiary/aromatic N) is 1. The third-order valence-corrected chi connectivity index (χ3v) is 1.73. The van der Waals surface area contributed by atoms with Crippen molar-refractivity contribution in [2.75, 3.05) is 19.7 Å². The summed E-state index contributed by atoms with van der Waals surface area (Å²) in [5.41, 5.74) is 0. The fourth-order valence-electron chi connectivity index (χ4n) is 1.15. The van der Waals surface area contributed by atoms with Crippen LogP contribution in [0.2, 0.25) is 0 Å². The molecule has 0 saturated carbocycles. The van der Waals surface area contributed by atoms with Crippen molar-refractivity contribution in [3.8, 4) is 0 Å². The van der Waals surface area contributed by atoms with Crippen molar-refractivity contribution >= 4 is 5.91 Å². The standard InChI is InChI=1S/C8H13NO2/c1-3-8(10)9-4-5-11-7(2)6-9/h3,7H,1,4-6H2,2H3. The normalized spacial score (nSPS) is 24.8. The Hall–Kier alpha value is -0.830. The van der Waals surface area contributed by atoms with Crippen LogP contribution in [0.1, 0.15) is 6.92 Å². The Morgan fingerprint density at radius 2 is 2.55 bits per heavy atom. The molecule has 3 heteroatoms. The molecule has 3 nitrogen and oxygen atoms in total. The van der Waals surface area contributed by atoms with Gasteiger partial charge in [0.1, 0.15) is 0 Å². The topological polar surface area (TPSA) is 29.5 Å². The van der Waals surface area contributed by atoms with Gasteiger partial charge in [-0.05, 0) is 13.0 Å². The van der Waals surface area contributed by atoms with Crippen molar-refractivity contribution in [3.05, 3.63) is 12.7 Å². The SMILES string of the molecule is C=CC(=O)N1CCOC(C)C1. The van der Waals surface area contributed by atoms with Gasteiger partial charge < -0.3 is 9.64 Å². The first-order chi connectivity index (χ1) is 5.24. The predicted molar refractivity (Wildman–Crippen MR) is 42.2 cm³/mol. The molecule has 0 radical (unpaired) electrons. The zero-order valence-corrected chi connectivity index (χ0v) is 6.75. The summed E-state index contributed by atoms with van der Waals surface area (Å²) in [7, 11) is 0. The summed E-state index contributed by atoms with van der Waals surface area (Å²) in [6.07, 6.45) is 1.51. The molecule has 11 heavy (non-hydrogen) atoms. The number of hydrogen-bond acceptors (Lipinski definition) is 2. The van der Waals surface area contributed by atoms with Crippen LogP contribution in [0.3, 0.4) is 0 Å². The number of hydrogen-bond donors (Lipinski definition) is 0. The third-order valence-electron chi connectivity index (χ3n) is 1.73. The molecule has 1 atom stereocenters. The second-order valence-electron chi connectivity index (χ2n) is 2.67. The summed E-state index contributed by atoms with van der Waals surface area (Å²) in [6.45, 7) is 7.40. The van der Waals surface area contributed by atoms with Crippen LogP contribution in [-0.4, -0.2) is 36.6 Å². The van der Waals surface area contributed by atoms with Gasteiger partial charge in [0.05, 0.1) is 12.7 Å². The fraction of sp³-hybridized carbons (Fsp3) is 0.625. The van der Waals surface area contributed by atoms with Crippen LogP contribution in [0.5, 0.6) is 0 Å². The molecule has 0 aromatic heterocycles. The number of carbonyl (C=O) groups excluding carboxylic acids is 1. The Kier molecular flexibility index (Phi) is 2.65. The lowest BCUT2D eigenvalue weighted by Gasteiger charge is -2.30. The zero-order valence-electron chi connectivity index (χ0n) is 6.75. The zero-order chi connectivity index (χ0) is 8.27. The van der Waals surface area contributed by atoms with Crippen LogP contribution in [0.15, 0.2) is 12.7 Å². The van der Waals surface area contributed by atoms with Crippen molar-refractivity contribution in [3.63, 3.8) is 0 Å². The minimum atomic E-state index is 0.000139. The van der Waals surface area contributed by atoms with E-state index in [9.17, 15) is 4.79 Å². The Morgan fingerprint density at radius 1 is 1.82 bits per heavy atom. The lowest BCUT2D eigenvalue weighted by atomic mass is 10.3. The molecule has 62 valence electrons. The van der Waals surface area contributed by atoms with Crippen molar-refractivity contribution in [1.29, 1.82) is 0 Å². The van der Waals surface area contributed by atoms with Gasteiger partial charge in [0.15, 0.2) is 0 Å². The maximum absolute atomic E-state index is 11.1. The van der Waals surface area contributed by atoms with Crippen LogP contribution in [-0.2, 0) is 9.53 Å². The van der Waals surface area contributed by atoms with E-state index in [4.69, 9.17) is 4.74 Å². The van der Waals surface area contributed by atoms with E-state index in [0.717, 1.165) is 0 Å². The summed E-state index contributed by atoms with van der Waals surface area (Å²) < 4.78 is 5.27. The second kappa shape index (κ2) is 3.53. The van der Waals surface area contributed by atoms with E-state index in [1.807, 2.05) is 6.92 Å². The molecule has 1 amide bonds. The average molecular weight is 155 g/mol. The van der Waals surface area contributed by atoms with Gasteiger partial charge in [-0.3, -0.25) is 4.79 Å². The molecule has 1 aliphatic heterocycles. The van der Waals surface area contributed by atoms with Gasteiger partial charge in [-0.15, -0.1) is 0 Å². The average Bonchev–Trinajstić information content (AvgIpc) is 2.03. The van der Waals surface area contributed by atoms with Crippen LogP contribution in [0.25, 0.3) is 0 Å². The molecule has 0 N–H and O–H groups in total. The summed E-state index contributed by atoms with van der Waals surface area (Å²) >= 11 is 0. The molecule has 0 bridgehead atoms. The van der Waals surface area contributed by atoms with Gasteiger partial charge >= 0.3 is 0 Å². The number of amides is 1. The third kappa shape index (κ3) is 2.05. The fourth-order valence-corrected chi connectivity index (χ4v) is 1.15. The van der Waals surface area contributed by atoms with Crippen LogP contribution >= 0.6 is 0 Å². The van der Waals surface area contributed by atoms with E-state index in [1.54, 1.807) is 4.90 Å². The molecule has 1 rings (SSSR count). The maximum atomic E-state index is 11.1. The van der Waals surface area contributed by atoms with E-state index in [-0.39, 0.29) is 12.0 Å². The highest BCUT2D eigenvalue weighted by molar-refractivity contribution is 5.87. The van der Waals surface area contributed by atoms with Gasteiger partial charge in [0.25, 0.3) is 0 Å². The number of morpholine rings is 1. The monoisotopic (exact) mass is 155 g/mol. The molecule has 0 aromatic carbocycles. The Balaban J connectivity index is 2.45. The van der Waals surface area contributed by atoms with E-state index in [0.29, 0.717) is 19.7 Å². The number of carbonyl (C=O) groups is 1. The maximum Gasteiger partial charge on any atom is 0.246 e. The van der Waals surface area contributed by atoms with Crippen LogP contribution in [0, 0.1) is 0 Å². The first kappa shape index (κ1) is 8.27. The van der Waals surface area contributed by atoms with E-state index in [2.05, 4.69) is 6.58 Å². The molecular weight excluding hydrogens is 142 g/mol. The summed E-state index contributed by atoms with van der Waals surface area (Å²) in [4.78, 5) is 12.8. The molecular formula is C8H13NO2. The van der Waals surface area contributed by atoms with Gasteiger partial charge in [0.2, 0.25) is 5.91 Å². The largest absolute Gasteiger partial charge is 0.375 e. The lowest BCUT2D eigenvalue weighted by Crippen LogP contribution is -2.43.